The zero-order valence-electron chi connectivity index (χ0n) is 17.5. The molecule has 3 rings (SSSR count). The molecule has 3 aromatic rings. The van der Waals surface area contributed by atoms with Gasteiger partial charge >= 0.3 is 0 Å². The third kappa shape index (κ3) is 5.77. The molecule has 0 spiro atoms. The van der Waals surface area contributed by atoms with E-state index in [0.29, 0.717) is 5.92 Å². The number of rotatable bonds is 3. The maximum atomic E-state index is 6.14. The number of anilines is 1. The molecule has 0 aliphatic rings. The topological polar surface area (TPSA) is 67.8 Å². The third-order valence-corrected chi connectivity index (χ3v) is 4.45. The standard InChI is InChI=1S/C21H23N3.C2H6.C2H4/c1-3-18(14(2)22)20-13-24-21-12-16(8-11-19(20)21)5-4-15-6-9-17(23)10-7-15;2*1-2/h6-14,18,24H,3,22-23H2,1-2H3;1-2H3;1-2H2. The summed E-state index contributed by atoms with van der Waals surface area (Å²) in [5, 5.41) is 1.23. The van der Waals surface area contributed by atoms with E-state index in [1.54, 1.807) is 0 Å². The average Bonchev–Trinajstić information content (AvgIpc) is 3.14. The van der Waals surface area contributed by atoms with Crippen LogP contribution in [0, 0.1) is 11.8 Å². The van der Waals surface area contributed by atoms with Crippen LogP contribution >= 0.6 is 0 Å². The van der Waals surface area contributed by atoms with Gasteiger partial charge in [0.2, 0.25) is 0 Å². The van der Waals surface area contributed by atoms with Crippen molar-refractivity contribution in [2.24, 2.45) is 5.73 Å². The summed E-state index contributed by atoms with van der Waals surface area (Å²) in [6.07, 6.45) is 3.11. The Morgan fingerprint density at radius 1 is 1.00 bits per heavy atom. The Bertz CT molecular complexity index is 908. The predicted molar refractivity (Wildman–Crippen MR) is 124 cm³/mol. The van der Waals surface area contributed by atoms with Crippen LogP contribution in [-0.2, 0) is 0 Å². The maximum Gasteiger partial charge on any atom is 0.0469 e. The van der Waals surface area contributed by atoms with Crippen LogP contribution in [0.2, 0.25) is 0 Å². The van der Waals surface area contributed by atoms with Gasteiger partial charge in [0.15, 0.2) is 0 Å². The quantitative estimate of drug-likeness (QED) is 0.307. The minimum absolute atomic E-state index is 0.138. The van der Waals surface area contributed by atoms with Crippen molar-refractivity contribution >= 4 is 16.6 Å². The van der Waals surface area contributed by atoms with Crippen molar-refractivity contribution in [2.45, 2.75) is 46.1 Å². The summed E-state index contributed by atoms with van der Waals surface area (Å²) in [7, 11) is 0. The molecule has 0 aliphatic carbocycles. The van der Waals surface area contributed by atoms with Crippen molar-refractivity contribution in [3.05, 3.63) is 78.5 Å². The Hall–Kier alpha value is -2.96. The zero-order chi connectivity index (χ0) is 21.1. The van der Waals surface area contributed by atoms with Gasteiger partial charge in [-0.3, -0.25) is 0 Å². The molecule has 2 unspecified atom stereocenters. The molecule has 0 aliphatic heterocycles. The van der Waals surface area contributed by atoms with Crippen LogP contribution in [0.15, 0.2) is 61.8 Å². The summed E-state index contributed by atoms with van der Waals surface area (Å²) in [6, 6.07) is 14.0. The molecular formula is C25H33N3. The number of hydrogen-bond donors (Lipinski definition) is 3. The molecule has 2 atom stereocenters. The van der Waals surface area contributed by atoms with Gasteiger partial charge in [-0.25, -0.2) is 0 Å². The van der Waals surface area contributed by atoms with Gasteiger partial charge in [0.05, 0.1) is 0 Å². The van der Waals surface area contributed by atoms with E-state index in [1.807, 2.05) is 38.1 Å². The summed E-state index contributed by atoms with van der Waals surface area (Å²) in [4.78, 5) is 3.36. The highest BCUT2D eigenvalue weighted by Crippen LogP contribution is 2.30. The molecule has 5 N–H and O–H groups in total. The molecule has 0 saturated carbocycles. The van der Waals surface area contributed by atoms with Crippen LogP contribution in [0.1, 0.15) is 56.7 Å². The first-order chi connectivity index (χ1) is 13.6. The largest absolute Gasteiger partial charge is 0.399 e. The van der Waals surface area contributed by atoms with Crippen molar-refractivity contribution < 1.29 is 0 Å². The Balaban J connectivity index is 0.000000921. The molecule has 3 heteroatoms. The van der Waals surface area contributed by atoms with Crippen LogP contribution in [0.3, 0.4) is 0 Å². The van der Waals surface area contributed by atoms with Crippen molar-refractivity contribution in [1.29, 1.82) is 0 Å². The maximum absolute atomic E-state index is 6.14. The minimum atomic E-state index is 0.138. The van der Waals surface area contributed by atoms with Gasteiger partial charge in [-0.05, 0) is 55.3 Å². The summed E-state index contributed by atoms with van der Waals surface area (Å²) in [5.41, 5.74) is 16.9. The summed E-state index contributed by atoms with van der Waals surface area (Å²) >= 11 is 0. The Morgan fingerprint density at radius 3 is 2.14 bits per heavy atom. The van der Waals surface area contributed by atoms with Crippen molar-refractivity contribution in [2.75, 3.05) is 5.73 Å². The number of H-pyrrole nitrogens is 1. The van der Waals surface area contributed by atoms with Crippen LogP contribution in [0.4, 0.5) is 5.69 Å². The van der Waals surface area contributed by atoms with Crippen LogP contribution in [-0.4, -0.2) is 11.0 Å². The molecule has 28 heavy (non-hydrogen) atoms. The second kappa shape index (κ2) is 11.7. The second-order valence-electron chi connectivity index (χ2n) is 6.25. The van der Waals surface area contributed by atoms with Crippen LogP contribution in [0.5, 0.6) is 0 Å². The zero-order valence-corrected chi connectivity index (χ0v) is 17.5. The fourth-order valence-electron chi connectivity index (χ4n) is 3.12. The number of aromatic amines is 1. The van der Waals surface area contributed by atoms with Gasteiger partial charge in [0, 0.05) is 45.9 Å². The molecule has 0 bridgehead atoms. The van der Waals surface area contributed by atoms with E-state index in [-0.39, 0.29) is 6.04 Å². The lowest BCUT2D eigenvalue weighted by Crippen LogP contribution is -2.24. The summed E-state index contributed by atoms with van der Waals surface area (Å²) < 4.78 is 0. The van der Waals surface area contributed by atoms with E-state index in [9.17, 15) is 0 Å². The highest BCUT2D eigenvalue weighted by Gasteiger charge is 2.17. The summed E-state index contributed by atoms with van der Waals surface area (Å²) in [6.45, 7) is 14.2. The van der Waals surface area contributed by atoms with Gasteiger partial charge in [0.25, 0.3) is 0 Å². The third-order valence-electron chi connectivity index (χ3n) is 4.45. The SMILES string of the molecule is C=C.CC.CCC(c1c[nH]c2cc(C#Cc3ccc(N)cc3)ccc12)C(C)N. The van der Waals surface area contributed by atoms with E-state index in [0.717, 1.165) is 28.8 Å². The fraction of sp³-hybridized carbons (Fsp3) is 0.280. The van der Waals surface area contributed by atoms with Gasteiger partial charge in [-0.15, -0.1) is 13.2 Å². The minimum Gasteiger partial charge on any atom is -0.399 e. The number of nitrogens with one attached hydrogen (secondary N) is 1. The van der Waals surface area contributed by atoms with E-state index >= 15 is 0 Å². The molecule has 3 nitrogen and oxygen atoms in total. The number of nitrogen functional groups attached to an aromatic ring is 1. The van der Waals surface area contributed by atoms with E-state index < -0.39 is 0 Å². The summed E-state index contributed by atoms with van der Waals surface area (Å²) in [5.74, 6) is 6.75. The number of nitrogens with two attached hydrogens (primary N) is 2. The first-order valence-electron chi connectivity index (χ1n) is 9.82. The first kappa shape index (κ1) is 23.1. The highest BCUT2D eigenvalue weighted by molar-refractivity contribution is 5.85. The molecule has 1 aromatic heterocycles. The highest BCUT2D eigenvalue weighted by atomic mass is 14.7. The average molecular weight is 376 g/mol. The van der Waals surface area contributed by atoms with E-state index in [4.69, 9.17) is 11.5 Å². The second-order valence-corrected chi connectivity index (χ2v) is 6.25. The van der Waals surface area contributed by atoms with E-state index in [2.05, 4.69) is 68.2 Å². The van der Waals surface area contributed by atoms with Gasteiger partial charge < -0.3 is 16.5 Å². The smallest absolute Gasteiger partial charge is 0.0469 e. The Morgan fingerprint density at radius 2 is 1.57 bits per heavy atom. The number of fused-ring (bicyclic) bond motifs is 1. The predicted octanol–water partition coefficient (Wildman–Crippen LogP) is 5.82. The molecule has 0 radical (unpaired) electrons. The Kier molecular flexibility index (Phi) is 9.64. The number of benzene rings is 2. The lowest BCUT2D eigenvalue weighted by molar-refractivity contribution is 0.556. The van der Waals surface area contributed by atoms with Crippen molar-refractivity contribution in [3.8, 4) is 11.8 Å². The first-order valence-corrected chi connectivity index (χ1v) is 9.82. The number of hydrogen-bond acceptors (Lipinski definition) is 2. The van der Waals surface area contributed by atoms with Crippen molar-refractivity contribution in [3.63, 3.8) is 0 Å². The lowest BCUT2D eigenvalue weighted by atomic mass is 9.90. The van der Waals surface area contributed by atoms with Gasteiger partial charge in [-0.2, -0.15) is 0 Å². The molecule has 1 heterocycles. The number of aromatic nitrogens is 1. The molecule has 0 amide bonds. The van der Waals surface area contributed by atoms with Gasteiger partial charge in [-0.1, -0.05) is 38.7 Å². The molecule has 0 saturated heterocycles. The molecule has 0 fully saturated rings. The monoisotopic (exact) mass is 375 g/mol. The van der Waals surface area contributed by atoms with E-state index in [1.165, 1.54) is 10.9 Å². The molecule has 148 valence electrons. The molecule has 2 aromatic carbocycles. The van der Waals surface area contributed by atoms with Crippen LogP contribution < -0.4 is 11.5 Å². The molecular weight excluding hydrogens is 342 g/mol. The van der Waals surface area contributed by atoms with Crippen LogP contribution in [0.25, 0.3) is 10.9 Å². The fourth-order valence-corrected chi connectivity index (χ4v) is 3.12. The van der Waals surface area contributed by atoms with Crippen molar-refractivity contribution in [1.82, 2.24) is 4.98 Å². The lowest BCUT2D eigenvalue weighted by Gasteiger charge is -2.18. The normalized spacial score (nSPS) is 11.8. The van der Waals surface area contributed by atoms with Gasteiger partial charge in [0.1, 0.15) is 0 Å². The Labute approximate surface area is 169 Å².